The molecule has 3 aromatic rings. The number of carbonyl (C=O) groups is 2. The largest absolute Gasteiger partial charge is 0.453 e. The Hall–Kier alpha value is -3.78. The lowest BCUT2D eigenvalue weighted by molar-refractivity contribution is -0.161. The molecule has 37 heavy (non-hydrogen) atoms. The van der Waals surface area contributed by atoms with Crippen molar-refractivity contribution in [2.75, 3.05) is 13.2 Å². The van der Waals surface area contributed by atoms with Crippen LogP contribution in [-0.2, 0) is 25.8 Å². The van der Waals surface area contributed by atoms with E-state index in [1.165, 1.54) is 24.3 Å². The third kappa shape index (κ3) is 5.64. The fraction of sp³-hybridized carbons (Fsp3) is 0.310. The number of esters is 1. The summed E-state index contributed by atoms with van der Waals surface area (Å²) in [5.41, 5.74) is 3.37. The Balaban J connectivity index is 1.37. The number of carbonyl (C=O) groups excluding carboxylic acids is 2. The van der Waals surface area contributed by atoms with Crippen molar-refractivity contribution in [2.24, 2.45) is 0 Å². The van der Waals surface area contributed by atoms with Gasteiger partial charge in [-0.2, -0.15) is 0 Å². The van der Waals surface area contributed by atoms with Crippen LogP contribution in [-0.4, -0.2) is 36.4 Å². The lowest BCUT2D eigenvalue weighted by Gasteiger charge is -2.28. The number of amides is 1. The van der Waals surface area contributed by atoms with E-state index in [-0.39, 0.29) is 18.1 Å². The van der Waals surface area contributed by atoms with Crippen molar-refractivity contribution in [3.63, 3.8) is 0 Å². The molecule has 2 N–H and O–H groups in total. The van der Waals surface area contributed by atoms with Crippen LogP contribution < -0.4 is 5.32 Å². The third-order valence-electron chi connectivity index (χ3n) is 6.55. The lowest BCUT2D eigenvalue weighted by Crippen LogP contribution is -2.46. The highest BCUT2D eigenvalue weighted by Crippen LogP contribution is 2.44. The van der Waals surface area contributed by atoms with Crippen LogP contribution in [0.25, 0.3) is 11.1 Å². The van der Waals surface area contributed by atoms with Crippen LogP contribution in [0.15, 0.2) is 72.8 Å². The summed E-state index contributed by atoms with van der Waals surface area (Å²) >= 11 is 0. The zero-order valence-corrected chi connectivity index (χ0v) is 20.8. The van der Waals surface area contributed by atoms with Gasteiger partial charge in [0.15, 0.2) is 6.04 Å². The van der Waals surface area contributed by atoms with E-state index in [2.05, 4.69) is 5.32 Å². The zero-order chi connectivity index (χ0) is 26.8. The third-order valence-corrected chi connectivity index (χ3v) is 6.55. The number of nitrogens with one attached hydrogen (secondary N) is 1. The summed E-state index contributed by atoms with van der Waals surface area (Å²) in [6, 6.07) is 19.9. The van der Waals surface area contributed by atoms with Gasteiger partial charge in [0, 0.05) is 18.4 Å². The van der Waals surface area contributed by atoms with Gasteiger partial charge in [0.1, 0.15) is 12.2 Å². The minimum atomic E-state index is -2.99. The molecule has 0 spiro atoms. The monoisotopic (exact) mass is 509 g/mol. The van der Waals surface area contributed by atoms with Crippen molar-refractivity contribution in [3.8, 4) is 11.1 Å². The Labute approximate surface area is 214 Å². The Kier molecular flexibility index (Phi) is 7.32. The van der Waals surface area contributed by atoms with E-state index in [4.69, 9.17) is 9.47 Å². The van der Waals surface area contributed by atoms with Crippen molar-refractivity contribution in [2.45, 2.75) is 44.3 Å². The van der Waals surface area contributed by atoms with Gasteiger partial charge in [0.25, 0.3) is 5.92 Å². The molecule has 0 bridgehead atoms. The van der Waals surface area contributed by atoms with Crippen LogP contribution in [0, 0.1) is 0 Å². The first-order valence-corrected chi connectivity index (χ1v) is 12.0. The standard InChI is InChI=1S/C29H29F2NO5/c1-28(2,18-12-14-19(15-13-18)29(3,30)31)37-26(34)25(16-33)32-27(35)36-17-24-22-10-6-4-8-20(22)21-9-5-7-11-23(21)24/h4-15,24-25,33H,16-17H2,1-3H3,(H,32,35)/t25-/m0/s1. The summed E-state index contributed by atoms with van der Waals surface area (Å²) in [6.07, 6.45) is -0.870. The molecular weight excluding hydrogens is 480 g/mol. The van der Waals surface area contributed by atoms with Crippen molar-refractivity contribution in [1.29, 1.82) is 0 Å². The lowest BCUT2D eigenvalue weighted by atomic mass is 9.95. The summed E-state index contributed by atoms with van der Waals surface area (Å²) in [5.74, 6) is -4.03. The maximum absolute atomic E-state index is 13.5. The van der Waals surface area contributed by atoms with Crippen LogP contribution in [0.3, 0.4) is 0 Å². The van der Waals surface area contributed by atoms with Crippen LogP contribution in [0.5, 0.6) is 0 Å². The molecule has 3 aromatic carbocycles. The smallest absolute Gasteiger partial charge is 0.407 e. The van der Waals surface area contributed by atoms with Crippen LogP contribution in [0.4, 0.5) is 13.6 Å². The first kappa shape index (κ1) is 26.3. The summed E-state index contributed by atoms with van der Waals surface area (Å²) in [4.78, 5) is 25.3. The van der Waals surface area contributed by atoms with Crippen molar-refractivity contribution >= 4 is 12.1 Å². The van der Waals surface area contributed by atoms with Crippen molar-refractivity contribution < 1.29 is 33.0 Å². The number of fused-ring (bicyclic) bond motifs is 3. The Morgan fingerprint density at radius 1 is 0.892 bits per heavy atom. The number of alkyl halides is 2. The molecule has 0 aromatic heterocycles. The maximum Gasteiger partial charge on any atom is 0.407 e. The van der Waals surface area contributed by atoms with Crippen molar-refractivity contribution in [3.05, 3.63) is 95.1 Å². The molecule has 8 heteroatoms. The summed E-state index contributed by atoms with van der Waals surface area (Å²) in [5, 5.41) is 12.1. The van der Waals surface area contributed by atoms with Gasteiger partial charge in [0.2, 0.25) is 0 Å². The first-order chi connectivity index (χ1) is 17.5. The van der Waals surface area contributed by atoms with Gasteiger partial charge >= 0.3 is 12.1 Å². The van der Waals surface area contributed by atoms with Gasteiger partial charge in [-0.15, -0.1) is 0 Å². The molecule has 1 atom stereocenters. The highest BCUT2D eigenvalue weighted by Gasteiger charge is 2.33. The predicted octanol–water partition coefficient (Wildman–Crippen LogP) is 5.48. The minimum absolute atomic E-state index is 0.0486. The second kappa shape index (κ2) is 10.3. The molecule has 194 valence electrons. The van der Waals surface area contributed by atoms with Gasteiger partial charge in [-0.3, -0.25) is 0 Å². The number of rotatable bonds is 8. The number of alkyl carbamates (subject to hydrolysis) is 1. The number of aliphatic hydroxyl groups is 1. The molecule has 0 fully saturated rings. The summed E-state index contributed by atoms with van der Waals surface area (Å²) < 4.78 is 38.0. The van der Waals surface area contributed by atoms with E-state index in [9.17, 15) is 23.5 Å². The van der Waals surface area contributed by atoms with Crippen LogP contribution in [0.2, 0.25) is 0 Å². The molecule has 0 saturated carbocycles. The number of hydrogen-bond acceptors (Lipinski definition) is 5. The normalized spacial score (nSPS) is 13.9. The molecule has 0 aliphatic heterocycles. The van der Waals surface area contributed by atoms with Gasteiger partial charge in [0.05, 0.1) is 6.61 Å². The Morgan fingerprint density at radius 3 is 1.92 bits per heavy atom. The number of ether oxygens (including phenoxy) is 2. The number of benzene rings is 3. The van der Waals surface area contributed by atoms with E-state index in [1.807, 2.05) is 48.5 Å². The molecule has 1 amide bonds. The summed E-state index contributed by atoms with van der Waals surface area (Å²) in [6.45, 7) is 3.32. The second-order valence-electron chi connectivity index (χ2n) is 9.60. The average molecular weight is 510 g/mol. The van der Waals surface area contributed by atoms with E-state index in [1.54, 1.807) is 13.8 Å². The highest BCUT2D eigenvalue weighted by atomic mass is 19.3. The second-order valence-corrected chi connectivity index (χ2v) is 9.60. The van der Waals surface area contributed by atoms with Crippen LogP contribution in [0.1, 0.15) is 48.9 Å². The minimum Gasteiger partial charge on any atom is -0.453 e. The first-order valence-electron chi connectivity index (χ1n) is 12.0. The molecule has 0 radical (unpaired) electrons. The quantitative estimate of drug-likeness (QED) is 0.393. The molecular formula is C29H29F2NO5. The Morgan fingerprint density at radius 2 is 1.41 bits per heavy atom. The molecule has 0 unspecified atom stereocenters. The molecule has 6 nitrogen and oxygen atoms in total. The van der Waals surface area contributed by atoms with Gasteiger partial charge < -0.3 is 19.9 Å². The average Bonchev–Trinajstić information content (AvgIpc) is 3.19. The molecule has 1 aliphatic rings. The van der Waals surface area contributed by atoms with Gasteiger partial charge in [-0.1, -0.05) is 72.8 Å². The molecule has 0 heterocycles. The van der Waals surface area contributed by atoms with E-state index in [0.717, 1.165) is 29.2 Å². The van der Waals surface area contributed by atoms with E-state index in [0.29, 0.717) is 5.56 Å². The zero-order valence-electron chi connectivity index (χ0n) is 20.8. The number of halogens is 2. The van der Waals surface area contributed by atoms with Crippen LogP contribution >= 0.6 is 0 Å². The van der Waals surface area contributed by atoms with Crippen molar-refractivity contribution in [1.82, 2.24) is 5.32 Å². The fourth-order valence-electron chi connectivity index (χ4n) is 4.51. The molecule has 0 saturated heterocycles. The van der Waals surface area contributed by atoms with E-state index >= 15 is 0 Å². The predicted molar refractivity (Wildman–Crippen MR) is 134 cm³/mol. The molecule has 4 rings (SSSR count). The highest BCUT2D eigenvalue weighted by molar-refractivity contribution is 5.82. The van der Waals surface area contributed by atoms with Gasteiger partial charge in [-0.05, 0) is 41.7 Å². The summed E-state index contributed by atoms with van der Waals surface area (Å²) in [7, 11) is 0. The van der Waals surface area contributed by atoms with Gasteiger partial charge in [-0.25, -0.2) is 18.4 Å². The maximum atomic E-state index is 13.5. The Bertz CT molecular complexity index is 1240. The SMILES string of the molecule is CC(F)(F)c1ccc(C(C)(C)OC(=O)[C@H](CO)NC(=O)OCC2c3ccccc3-c3ccccc32)cc1. The van der Waals surface area contributed by atoms with E-state index < -0.39 is 36.2 Å². The number of hydrogen-bond donors (Lipinski definition) is 2. The fourth-order valence-corrected chi connectivity index (χ4v) is 4.51. The topological polar surface area (TPSA) is 84.9 Å². The number of aliphatic hydroxyl groups excluding tert-OH is 1. The molecule has 1 aliphatic carbocycles.